The Morgan fingerprint density at radius 1 is 1.15 bits per heavy atom. The molecule has 0 N–H and O–H groups in total. The number of amides is 1. The molecule has 8 heteroatoms. The lowest BCUT2D eigenvalue weighted by molar-refractivity contribution is 0.0276. The van der Waals surface area contributed by atoms with Gasteiger partial charge in [-0.2, -0.15) is 0 Å². The molecule has 1 amide bonds. The van der Waals surface area contributed by atoms with E-state index in [0.29, 0.717) is 12.6 Å². The molecule has 1 fully saturated rings. The zero-order valence-electron chi connectivity index (χ0n) is 15.6. The number of fused-ring (bicyclic) bond motifs is 1. The highest BCUT2D eigenvalue weighted by molar-refractivity contribution is 8.07. The second kappa shape index (κ2) is 13.7. The molecule has 2 aliphatic rings. The quantitative estimate of drug-likeness (QED) is 0.594. The fourth-order valence-corrected chi connectivity index (χ4v) is 3.99. The molecule has 2 aliphatic heterocycles. The third kappa shape index (κ3) is 7.51. The molecule has 1 saturated heterocycles. The molecule has 0 aromatic heterocycles. The summed E-state index contributed by atoms with van der Waals surface area (Å²) in [6.45, 7) is 2.95. The van der Waals surface area contributed by atoms with E-state index in [-0.39, 0.29) is 13.3 Å². The third-order valence-electron chi connectivity index (χ3n) is 4.39. The number of hydrogen-bond acceptors (Lipinski definition) is 7. The van der Waals surface area contributed by atoms with E-state index in [4.69, 9.17) is 8.92 Å². The standard InChI is InChI=1S/C16H21NO3S.C2H6OS2.CH4/c1-21-20-11-12-2-3-15-13(10-12)4-7-17(16(15)18)14-5-8-19-9-6-14;1-4-3-5-2;/h2-3,10,14H,4-9,11H2,1H3;1-2H3;1H4. The summed E-state index contributed by atoms with van der Waals surface area (Å²) in [5.74, 6) is 0.181. The smallest absolute Gasteiger partial charge is 0.254 e. The Labute approximate surface area is 176 Å². The molecule has 1 aromatic carbocycles. The summed E-state index contributed by atoms with van der Waals surface area (Å²) in [6, 6.07) is 6.42. The van der Waals surface area contributed by atoms with Crippen LogP contribution in [0.3, 0.4) is 0 Å². The number of nitrogens with zero attached hydrogens (tertiary/aromatic N) is 1. The van der Waals surface area contributed by atoms with Crippen molar-refractivity contribution in [3.05, 3.63) is 34.9 Å². The lowest BCUT2D eigenvalue weighted by Gasteiger charge is -2.37. The van der Waals surface area contributed by atoms with E-state index in [1.165, 1.54) is 36.1 Å². The number of rotatable bonds is 6. The number of benzene rings is 1. The maximum atomic E-state index is 12.7. The minimum absolute atomic E-state index is 0. The molecule has 5 nitrogen and oxygen atoms in total. The SMILES string of the molecule is C.CSOCc1ccc2c(c1)CCN(C1CCOCC1)C2=O.CSOSC. The van der Waals surface area contributed by atoms with Gasteiger partial charge in [0.05, 0.1) is 6.61 Å². The maximum Gasteiger partial charge on any atom is 0.254 e. The second-order valence-corrected chi connectivity index (χ2v) is 7.69. The van der Waals surface area contributed by atoms with Crippen LogP contribution in [-0.4, -0.2) is 55.4 Å². The molecule has 0 saturated carbocycles. The Morgan fingerprint density at radius 2 is 1.85 bits per heavy atom. The van der Waals surface area contributed by atoms with E-state index >= 15 is 0 Å². The van der Waals surface area contributed by atoms with E-state index in [0.717, 1.165) is 55.7 Å². The van der Waals surface area contributed by atoms with Gasteiger partial charge >= 0.3 is 0 Å². The van der Waals surface area contributed by atoms with Gasteiger partial charge in [0.1, 0.15) is 0 Å². The van der Waals surface area contributed by atoms with Crippen molar-refractivity contribution in [3.8, 4) is 0 Å². The highest BCUT2D eigenvalue weighted by Crippen LogP contribution is 2.25. The Balaban J connectivity index is 0.000000542. The summed E-state index contributed by atoms with van der Waals surface area (Å²) < 4.78 is 15.4. The van der Waals surface area contributed by atoms with Crippen molar-refractivity contribution in [1.82, 2.24) is 4.90 Å². The third-order valence-corrected chi connectivity index (χ3v) is 5.84. The predicted molar refractivity (Wildman–Crippen MR) is 118 cm³/mol. The average molecular weight is 434 g/mol. The molecular formula is C19H31NO4S3. The molecular weight excluding hydrogens is 402 g/mol. The lowest BCUT2D eigenvalue weighted by atomic mass is 9.94. The number of carbonyl (C=O) groups excluding carboxylic acids is 1. The van der Waals surface area contributed by atoms with Crippen LogP contribution in [-0.2, 0) is 25.6 Å². The van der Waals surface area contributed by atoms with Crippen molar-refractivity contribution in [3.63, 3.8) is 0 Å². The van der Waals surface area contributed by atoms with Gasteiger partial charge in [-0.25, -0.2) is 3.63 Å². The fraction of sp³-hybridized carbons (Fsp3) is 0.632. The summed E-state index contributed by atoms with van der Waals surface area (Å²) in [4.78, 5) is 14.7. The average Bonchev–Trinajstić information content (AvgIpc) is 2.68. The van der Waals surface area contributed by atoms with Gasteiger partial charge in [0.25, 0.3) is 5.91 Å². The van der Waals surface area contributed by atoms with E-state index in [9.17, 15) is 4.79 Å². The topological polar surface area (TPSA) is 48.0 Å². The first-order valence-electron chi connectivity index (χ1n) is 8.60. The minimum atomic E-state index is 0. The lowest BCUT2D eigenvalue weighted by Crippen LogP contribution is -2.47. The molecule has 3 rings (SSSR count). The normalized spacial score (nSPS) is 16.9. The Hall–Kier alpha value is -0.380. The minimum Gasteiger partial charge on any atom is -0.381 e. The molecule has 0 bridgehead atoms. The Bertz CT molecular complexity index is 566. The van der Waals surface area contributed by atoms with Crippen molar-refractivity contribution in [2.24, 2.45) is 0 Å². The van der Waals surface area contributed by atoms with Gasteiger partial charge < -0.3 is 13.8 Å². The van der Waals surface area contributed by atoms with Crippen LogP contribution < -0.4 is 0 Å². The summed E-state index contributed by atoms with van der Waals surface area (Å²) in [5, 5.41) is 0. The van der Waals surface area contributed by atoms with Crippen LogP contribution in [0.2, 0.25) is 0 Å². The van der Waals surface area contributed by atoms with Crippen LogP contribution >= 0.6 is 36.1 Å². The summed E-state index contributed by atoms with van der Waals surface area (Å²) in [5.41, 5.74) is 3.15. The molecule has 0 radical (unpaired) electrons. The van der Waals surface area contributed by atoms with Crippen molar-refractivity contribution in [1.29, 1.82) is 0 Å². The number of ether oxygens (including phenoxy) is 1. The zero-order valence-corrected chi connectivity index (χ0v) is 18.0. The van der Waals surface area contributed by atoms with Crippen LogP contribution in [0.4, 0.5) is 0 Å². The van der Waals surface area contributed by atoms with Gasteiger partial charge in [0.15, 0.2) is 0 Å². The first kappa shape index (κ1) is 24.7. The fourth-order valence-electron chi connectivity index (χ4n) is 3.19. The highest BCUT2D eigenvalue weighted by Gasteiger charge is 2.30. The largest absolute Gasteiger partial charge is 0.381 e. The van der Waals surface area contributed by atoms with E-state index < -0.39 is 0 Å². The molecule has 0 atom stereocenters. The van der Waals surface area contributed by atoms with Gasteiger partial charge in [0, 0.05) is 74.2 Å². The number of carbonyl (C=O) groups is 1. The Kier molecular flexibility index (Phi) is 12.5. The van der Waals surface area contributed by atoms with Crippen molar-refractivity contribution in [2.75, 3.05) is 38.5 Å². The second-order valence-electron chi connectivity index (χ2n) is 5.91. The molecule has 27 heavy (non-hydrogen) atoms. The van der Waals surface area contributed by atoms with Crippen LogP contribution in [0.5, 0.6) is 0 Å². The zero-order chi connectivity index (χ0) is 18.8. The first-order chi connectivity index (χ1) is 12.7. The summed E-state index contributed by atoms with van der Waals surface area (Å²) in [7, 11) is 0. The monoisotopic (exact) mass is 433 g/mol. The van der Waals surface area contributed by atoms with Gasteiger partial charge in [0.2, 0.25) is 0 Å². The van der Waals surface area contributed by atoms with Crippen LogP contribution in [0.15, 0.2) is 18.2 Å². The predicted octanol–water partition coefficient (Wildman–Crippen LogP) is 4.85. The molecule has 154 valence electrons. The van der Waals surface area contributed by atoms with Crippen LogP contribution in [0.25, 0.3) is 0 Å². The van der Waals surface area contributed by atoms with E-state index in [1.54, 1.807) is 0 Å². The van der Waals surface area contributed by atoms with Crippen molar-refractivity contribution < 1.29 is 17.3 Å². The molecule has 0 unspecified atom stereocenters. The first-order valence-corrected chi connectivity index (χ1v) is 12.1. The van der Waals surface area contributed by atoms with Crippen molar-refractivity contribution >= 4 is 42.0 Å². The summed E-state index contributed by atoms with van der Waals surface area (Å²) in [6.07, 6.45) is 8.54. The number of hydrogen-bond donors (Lipinski definition) is 0. The maximum absolute atomic E-state index is 12.7. The molecule has 1 aromatic rings. The van der Waals surface area contributed by atoms with Crippen molar-refractivity contribution in [2.45, 2.75) is 39.3 Å². The van der Waals surface area contributed by atoms with Gasteiger partial charge in [-0.05, 0) is 48.5 Å². The molecule has 0 spiro atoms. The molecule has 2 heterocycles. The van der Waals surface area contributed by atoms with Crippen LogP contribution in [0.1, 0.15) is 41.8 Å². The van der Waals surface area contributed by atoms with Gasteiger partial charge in [-0.3, -0.25) is 4.79 Å². The highest BCUT2D eigenvalue weighted by atomic mass is 32.2. The van der Waals surface area contributed by atoms with Crippen LogP contribution in [0, 0.1) is 0 Å². The molecule has 0 aliphatic carbocycles. The van der Waals surface area contributed by atoms with Gasteiger partial charge in [-0.1, -0.05) is 19.6 Å². The summed E-state index contributed by atoms with van der Waals surface area (Å²) >= 11 is 4.10. The van der Waals surface area contributed by atoms with E-state index in [2.05, 4.69) is 9.70 Å². The van der Waals surface area contributed by atoms with E-state index in [1.807, 2.05) is 35.8 Å². The van der Waals surface area contributed by atoms with Gasteiger partial charge in [-0.15, -0.1) is 0 Å². The Morgan fingerprint density at radius 3 is 2.44 bits per heavy atom.